The first kappa shape index (κ1) is 34.7. The number of benzene rings is 4. The highest BCUT2D eigenvalue weighted by Crippen LogP contribution is 2.47. The molecule has 0 atom stereocenters. The molecule has 12 aromatic rings. The van der Waals surface area contributed by atoms with Crippen molar-refractivity contribution in [3.63, 3.8) is 0 Å². The van der Waals surface area contributed by atoms with Crippen LogP contribution in [0, 0.1) is 0 Å². The van der Waals surface area contributed by atoms with Gasteiger partial charge in [0.2, 0.25) is 0 Å². The van der Waals surface area contributed by atoms with Crippen molar-refractivity contribution in [3.05, 3.63) is 158 Å². The molecular formula is C50H32N2S6. The number of hydrogen-bond acceptors (Lipinski definition) is 6. The van der Waals surface area contributed by atoms with Gasteiger partial charge in [-0.15, -0.1) is 68.0 Å². The highest BCUT2D eigenvalue weighted by molar-refractivity contribution is 7.30. The van der Waals surface area contributed by atoms with Gasteiger partial charge in [0.15, 0.2) is 0 Å². The summed E-state index contributed by atoms with van der Waals surface area (Å²) in [5, 5.41) is 5.25. The van der Waals surface area contributed by atoms with Gasteiger partial charge in [-0.1, -0.05) is 48.5 Å². The van der Waals surface area contributed by atoms with Crippen LogP contribution in [-0.4, -0.2) is 9.13 Å². The molecule has 8 heterocycles. The van der Waals surface area contributed by atoms with Crippen LogP contribution in [0.1, 0.15) is 0 Å². The molecule has 8 aromatic heterocycles. The fourth-order valence-electron chi connectivity index (χ4n) is 8.30. The average molecular weight is 853 g/mol. The predicted molar refractivity (Wildman–Crippen MR) is 260 cm³/mol. The van der Waals surface area contributed by atoms with E-state index in [1.54, 1.807) is 0 Å². The summed E-state index contributed by atoms with van der Waals surface area (Å²) in [5.74, 6) is 0. The molecule has 0 radical (unpaired) electrons. The molecule has 58 heavy (non-hydrogen) atoms. The van der Waals surface area contributed by atoms with Crippen LogP contribution in [0.25, 0.3) is 113 Å². The largest absolute Gasteiger partial charge is 0.344 e. The first-order valence-electron chi connectivity index (χ1n) is 19.1. The van der Waals surface area contributed by atoms with Crippen molar-refractivity contribution in [3.8, 4) is 69.7 Å². The van der Waals surface area contributed by atoms with Crippen molar-refractivity contribution < 1.29 is 0 Å². The predicted octanol–water partition coefficient (Wildman–Crippen LogP) is 17.0. The molecule has 2 nitrogen and oxygen atoms in total. The van der Waals surface area contributed by atoms with Crippen LogP contribution in [0.15, 0.2) is 158 Å². The van der Waals surface area contributed by atoms with E-state index in [1.165, 1.54) is 113 Å². The third-order valence-electron chi connectivity index (χ3n) is 11.2. The van der Waals surface area contributed by atoms with Gasteiger partial charge < -0.3 is 9.13 Å². The van der Waals surface area contributed by atoms with E-state index < -0.39 is 0 Å². The van der Waals surface area contributed by atoms with Crippen molar-refractivity contribution >= 4 is 112 Å². The lowest BCUT2D eigenvalue weighted by Crippen LogP contribution is -1.85. The minimum atomic E-state index is 1.27. The molecule has 0 aliphatic carbocycles. The number of aromatic nitrogens is 2. The van der Waals surface area contributed by atoms with Crippen LogP contribution in [0.5, 0.6) is 0 Å². The van der Waals surface area contributed by atoms with E-state index in [0.29, 0.717) is 0 Å². The number of nitrogens with zero attached hydrogens (tertiary/aromatic N) is 2. The quantitative estimate of drug-likeness (QED) is 0.151. The number of aryl methyl sites for hydroxylation is 2. The maximum Gasteiger partial charge on any atom is 0.0489 e. The van der Waals surface area contributed by atoms with Gasteiger partial charge in [-0.25, -0.2) is 0 Å². The van der Waals surface area contributed by atoms with Crippen molar-refractivity contribution in [2.24, 2.45) is 14.1 Å². The van der Waals surface area contributed by atoms with Crippen LogP contribution in [0.4, 0.5) is 0 Å². The van der Waals surface area contributed by atoms with Crippen LogP contribution in [0.2, 0.25) is 0 Å². The van der Waals surface area contributed by atoms with Gasteiger partial charge in [-0.05, 0) is 120 Å². The van der Waals surface area contributed by atoms with Crippen LogP contribution >= 0.6 is 68.0 Å². The molecular weight excluding hydrogens is 821 g/mol. The number of fused-ring (bicyclic) bond motifs is 6. The van der Waals surface area contributed by atoms with Crippen LogP contribution in [0.3, 0.4) is 0 Å². The minimum absolute atomic E-state index is 1.27. The third kappa shape index (κ3) is 5.66. The van der Waals surface area contributed by atoms with E-state index in [4.69, 9.17) is 0 Å². The van der Waals surface area contributed by atoms with E-state index in [2.05, 4.69) is 181 Å². The summed E-state index contributed by atoms with van der Waals surface area (Å²) in [4.78, 5) is 15.8. The molecule has 12 rings (SSSR count). The number of rotatable bonds is 7. The standard InChI is InChI=1S/C50H32N2S6/c1-51-35-9-5-3-7-31(35)33-27-29(11-13-37(33)51)39-15-17-41(53-39)43-19-21-45(55-43)47-23-25-49(57-47)50-26-24-48(58-50)46-22-20-44(56-46)42-18-16-40(54-42)30-12-14-38-34(28-30)32-8-4-6-10-36(32)52(38)2/h3-28H,1-2H3. The van der Waals surface area contributed by atoms with Gasteiger partial charge in [0.25, 0.3) is 0 Å². The Labute approximate surface area is 359 Å². The Kier molecular flexibility index (Phi) is 8.15. The molecule has 0 amide bonds. The Morgan fingerprint density at radius 2 is 0.517 bits per heavy atom. The number of thiophene rings is 6. The maximum absolute atomic E-state index is 2.36. The van der Waals surface area contributed by atoms with Crippen molar-refractivity contribution in [2.75, 3.05) is 0 Å². The first-order valence-corrected chi connectivity index (χ1v) is 24.0. The van der Waals surface area contributed by atoms with E-state index in [-0.39, 0.29) is 0 Å². The molecule has 0 bridgehead atoms. The fourth-order valence-corrected chi connectivity index (χ4v) is 14.8. The fraction of sp³-hybridized carbons (Fsp3) is 0.0400. The topological polar surface area (TPSA) is 9.86 Å². The summed E-state index contributed by atoms with van der Waals surface area (Å²) in [6, 6.07) is 58.7. The molecule has 0 unspecified atom stereocenters. The van der Waals surface area contributed by atoms with E-state index in [9.17, 15) is 0 Å². The molecule has 0 saturated carbocycles. The summed E-state index contributed by atoms with van der Waals surface area (Å²) < 4.78 is 4.59. The summed E-state index contributed by atoms with van der Waals surface area (Å²) in [7, 11) is 4.32. The maximum atomic E-state index is 2.36. The highest BCUT2D eigenvalue weighted by atomic mass is 32.1. The lowest BCUT2D eigenvalue weighted by molar-refractivity contribution is 1.01. The van der Waals surface area contributed by atoms with E-state index in [1.807, 2.05) is 68.0 Å². The molecule has 0 fully saturated rings. The normalized spacial score (nSPS) is 12.0. The summed E-state index contributed by atoms with van der Waals surface area (Å²) >= 11 is 11.3. The van der Waals surface area contributed by atoms with Gasteiger partial charge in [-0.2, -0.15) is 0 Å². The monoisotopic (exact) mass is 852 g/mol. The molecule has 0 aliphatic heterocycles. The zero-order valence-corrected chi connectivity index (χ0v) is 36.3. The molecule has 0 saturated heterocycles. The molecule has 0 spiro atoms. The molecule has 278 valence electrons. The van der Waals surface area contributed by atoms with E-state index >= 15 is 0 Å². The third-order valence-corrected chi connectivity index (χ3v) is 18.8. The second kappa shape index (κ2) is 13.6. The lowest BCUT2D eigenvalue weighted by Gasteiger charge is -2.00. The minimum Gasteiger partial charge on any atom is -0.344 e. The van der Waals surface area contributed by atoms with Crippen molar-refractivity contribution in [1.29, 1.82) is 0 Å². The molecule has 4 aromatic carbocycles. The first-order chi connectivity index (χ1) is 28.5. The molecule has 0 aliphatic rings. The van der Waals surface area contributed by atoms with Crippen LogP contribution < -0.4 is 0 Å². The van der Waals surface area contributed by atoms with Crippen molar-refractivity contribution in [2.45, 2.75) is 0 Å². The van der Waals surface area contributed by atoms with E-state index in [0.717, 1.165) is 0 Å². The zero-order chi connectivity index (χ0) is 38.5. The van der Waals surface area contributed by atoms with Gasteiger partial charge in [0.1, 0.15) is 0 Å². The SMILES string of the molecule is Cn1c2ccccc2c2cc(-c3ccc(-c4ccc(-c5ccc(-c6ccc(-c7ccc(-c8ccc(-c9ccc%10c(c9)c9ccccc9n%10C)s8)s7)s6)s5)s4)s3)ccc21. The van der Waals surface area contributed by atoms with Gasteiger partial charge in [-0.3, -0.25) is 0 Å². The average Bonchev–Trinajstić information content (AvgIpc) is 4.12. The zero-order valence-electron chi connectivity index (χ0n) is 31.4. The molecule has 0 N–H and O–H groups in total. The van der Waals surface area contributed by atoms with Gasteiger partial charge >= 0.3 is 0 Å². The van der Waals surface area contributed by atoms with Gasteiger partial charge in [0.05, 0.1) is 0 Å². The number of hydrogen-bond donors (Lipinski definition) is 0. The Morgan fingerprint density at radius 1 is 0.259 bits per heavy atom. The second-order valence-electron chi connectivity index (χ2n) is 14.6. The van der Waals surface area contributed by atoms with Crippen LogP contribution in [-0.2, 0) is 14.1 Å². The highest BCUT2D eigenvalue weighted by Gasteiger charge is 2.16. The molecule has 8 heteroatoms. The number of para-hydroxylation sites is 2. The summed E-state index contributed by atoms with van der Waals surface area (Å²) in [5.41, 5.74) is 7.65. The second-order valence-corrected chi connectivity index (χ2v) is 21.1. The summed E-state index contributed by atoms with van der Waals surface area (Å²) in [6.45, 7) is 0. The Hall–Kier alpha value is -5.32. The van der Waals surface area contributed by atoms with Gasteiger partial charge in [0, 0.05) is 116 Å². The van der Waals surface area contributed by atoms with Crippen molar-refractivity contribution in [1.82, 2.24) is 9.13 Å². The summed E-state index contributed by atoms with van der Waals surface area (Å²) in [6.07, 6.45) is 0. The Balaban J connectivity index is 0.759. The Morgan fingerprint density at radius 3 is 0.845 bits per heavy atom. The smallest absolute Gasteiger partial charge is 0.0489 e. The lowest BCUT2D eigenvalue weighted by atomic mass is 10.1. The Bertz CT molecular complexity index is 3280.